The molecule has 0 aromatic heterocycles. The number of allylic oxidation sites excluding steroid dienone is 5. The van der Waals surface area contributed by atoms with Crippen molar-refractivity contribution in [3.8, 4) is 5.75 Å². The molecule has 0 amide bonds. The maximum atomic E-state index is 5.83. The molecule has 0 radical (unpaired) electrons. The first kappa shape index (κ1) is 10.4. The number of ether oxygens (including phenoxy) is 1. The molecule has 1 heterocycles. The summed E-state index contributed by atoms with van der Waals surface area (Å²) in [6.45, 7) is 0.799. The normalized spacial score (nSPS) is 22.4. The zero-order chi connectivity index (χ0) is 11.5. The summed E-state index contributed by atoms with van der Waals surface area (Å²) >= 11 is 0. The minimum absolute atomic E-state index is 0.501. The van der Waals surface area contributed by atoms with Gasteiger partial charge in [-0.15, -0.1) is 0 Å². The van der Waals surface area contributed by atoms with Crippen LogP contribution in [0.4, 0.5) is 0 Å². The summed E-state index contributed by atoms with van der Waals surface area (Å²) in [6.07, 6.45) is 13.1. The monoisotopic (exact) mass is 224 g/mol. The summed E-state index contributed by atoms with van der Waals surface area (Å²) in [5.74, 6) is 1.56. The predicted molar refractivity (Wildman–Crippen MR) is 70.1 cm³/mol. The highest BCUT2D eigenvalue weighted by Crippen LogP contribution is 2.31. The predicted octanol–water partition coefficient (Wildman–Crippen LogP) is 3.68. The molecule has 1 aliphatic heterocycles. The lowest BCUT2D eigenvalue weighted by atomic mass is 9.89. The van der Waals surface area contributed by atoms with Gasteiger partial charge in [-0.3, -0.25) is 0 Å². The minimum Gasteiger partial charge on any atom is -0.493 e. The van der Waals surface area contributed by atoms with E-state index in [0.717, 1.165) is 25.2 Å². The Morgan fingerprint density at radius 3 is 3.06 bits per heavy atom. The average molecular weight is 224 g/mol. The molecular formula is C16H16O. The average Bonchev–Trinajstić information content (AvgIpc) is 2.67. The van der Waals surface area contributed by atoms with Gasteiger partial charge in [0.2, 0.25) is 0 Å². The Kier molecular flexibility index (Phi) is 2.83. The number of rotatable bonds is 1. The van der Waals surface area contributed by atoms with Crippen molar-refractivity contribution < 1.29 is 4.74 Å². The van der Waals surface area contributed by atoms with Crippen LogP contribution in [0, 0.1) is 5.92 Å². The number of para-hydroxylation sites is 1. The fourth-order valence-electron chi connectivity index (χ4n) is 2.44. The van der Waals surface area contributed by atoms with E-state index in [4.69, 9.17) is 4.74 Å². The van der Waals surface area contributed by atoms with Gasteiger partial charge >= 0.3 is 0 Å². The smallest absolute Gasteiger partial charge is 0.122 e. The van der Waals surface area contributed by atoms with E-state index in [-0.39, 0.29) is 0 Å². The standard InChI is InChI=1S/C16H16O/c1-2-4-8-13(7-3-1)15-11-14-9-5-6-10-16(14)17-12-15/h1-3,5-10,15H,4,11-12H2. The van der Waals surface area contributed by atoms with Gasteiger partial charge in [0.1, 0.15) is 5.75 Å². The van der Waals surface area contributed by atoms with E-state index < -0.39 is 0 Å². The van der Waals surface area contributed by atoms with E-state index in [1.165, 1.54) is 11.1 Å². The fourth-order valence-corrected chi connectivity index (χ4v) is 2.44. The summed E-state index contributed by atoms with van der Waals surface area (Å²) in [5.41, 5.74) is 2.74. The highest BCUT2D eigenvalue weighted by Gasteiger charge is 2.21. The van der Waals surface area contributed by atoms with Crippen molar-refractivity contribution in [3.63, 3.8) is 0 Å². The van der Waals surface area contributed by atoms with Gasteiger partial charge in [0.25, 0.3) is 0 Å². The van der Waals surface area contributed by atoms with Crippen LogP contribution in [0.1, 0.15) is 12.0 Å². The van der Waals surface area contributed by atoms with Crippen molar-refractivity contribution in [2.45, 2.75) is 12.8 Å². The van der Waals surface area contributed by atoms with Crippen LogP contribution in [0.25, 0.3) is 0 Å². The molecule has 17 heavy (non-hydrogen) atoms. The van der Waals surface area contributed by atoms with Gasteiger partial charge < -0.3 is 4.74 Å². The Labute approximate surface area is 102 Å². The molecule has 1 unspecified atom stereocenters. The van der Waals surface area contributed by atoms with E-state index in [9.17, 15) is 0 Å². The Balaban J connectivity index is 1.82. The Bertz CT molecular complexity index is 494. The second kappa shape index (κ2) is 4.62. The van der Waals surface area contributed by atoms with Crippen LogP contribution in [0.15, 0.2) is 60.2 Å². The van der Waals surface area contributed by atoms with Gasteiger partial charge in [0.15, 0.2) is 0 Å². The molecular weight excluding hydrogens is 208 g/mol. The molecule has 1 atom stereocenters. The van der Waals surface area contributed by atoms with Crippen LogP contribution in [0.2, 0.25) is 0 Å². The maximum Gasteiger partial charge on any atom is 0.122 e. The second-order valence-corrected chi connectivity index (χ2v) is 4.55. The summed E-state index contributed by atoms with van der Waals surface area (Å²) < 4.78 is 5.83. The lowest BCUT2D eigenvalue weighted by Crippen LogP contribution is -2.22. The van der Waals surface area contributed by atoms with Crippen molar-refractivity contribution in [2.24, 2.45) is 5.92 Å². The molecule has 2 aliphatic rings. The third kappa shape index (κ3) is 2.19. The van der Waals surface area contributed by atoms with Crippen molar-refractivity contribution >= 4 is 0 Å². The van der Waals surface area contributed by atoms with E-state index in [0.29, 0.717) is 5.92 Å². The Hall–Kier alpha value is -1.76. The van der Waals surface area contributed by atoms with Crippen molar-refractivity contribution in [2.75, 3.05) is 6.61 Å². The molecule has 1 nitrogen and oxygen atoms in total. The van der Waals surface area contributed by atoms with Crippen LogP contribution < -0.4 is 4.74 Å². The van der Waals surface area contributed by atoms with Crippen LogP contribution in [-0.2, 0) is 6.42 Å². The SMILES string of the molecule is C1=CCC=C(C2COc3ccccc3C2)C=C1. The highest BCUT2D eigenvalue weighted by atomic mass is 16.5. The van der Waals surface area contributed by atoms with Crippen LogP contribution in [0.3, 0.4) is 0 Å². The quantitative estimate of drug-likeness (QED) is 0.707. The molecule has 0 saturated carbocycles. The Morgan fingerprint density at radius 1 is 1.12 bits per heavy atom. The van der Waals surface area contributed by atoms with Gasteiger partial charge in [-0.05, 0) is 30.0 Å². The van der Waals surface area contributed by atoms with E-state index in [1.807, 2.05) is 6.07 Å². The van der Waals surface area contributed by atoms with Gasteiger partial charge in [0.05, 0.1) is 6.61 Å². The second-order valence-electron chi connectivity index (χ2n) is 4.55. The lowest BCUT2D eigenvalue weighted by molar-refractivity contribution is 0.245. The first-order valence-electron chi connectivity index (χ1n) is 6.17. The molecule has 0 N–H and O–H groups in total. The van der Waals surface area contributed by atoms with Crippen LogP contribution in [-0.4, -0.2) is 6.61 Å². The zero-order valence-electron chi connectivity index (χ0n) is 9.80. The third-order valence-corrected chi connectivity index (χ3v) is 3.38. The van der Waals surface area contributed by atoms with Crippen LogP contribution >= 0.6 is 0 Å². The minimum atomic E-state index is 0.501. The summed E-state index contributed by atoms with van der Waals surface area (Å²) in [4.78, 5) is 0. The maximum absolute atomic E-state index is 5.83. The lowest BCUT2D eigenvalue weighted by Gasteiger charge is -2.26. The molecule has 1 aromatic rings. The molecule has 86 valence electrons. The van der Waals surface area contributed by atoms with Gasteiger partial charge in [0, 0.05) is 5.92 Å². The summed E-state index contributed by atoms with van der Waals surface area (Å²) in [7, 11) is 0. The van der Waals surface area contributed by atoms with Crippen molar-refractivity contribution in [1.82, 2.24) is 0 Å². The highest BCUT2D eigenvalue weighted by molar-refractivity contribution is 5.38. The topological polar surface area (TPSA) is 9.23 Å². The number of hydrogen-bond acceptors (Lipinski definition) is 1. The molecule has 0 saturated heterocycles. The largest absolute Gasteiger partial charge is 0.493 e. The van der Waals surface area contributed by atoms with Gasteiger partial charge in [-0.2, -0.15) is 0 Å². The number of fused-ring (bicyclic) bond motifs is 1. The summed E-state index contributed by atoms with van der Waals surface area (Å²) in [5, 5.41) is 0. The van der Waals surface area contributed by atoms with Crippen molar-refractivity contribution in [3.05, 3.63) is 65.8 Å². The van der Waals surface area contributed by atoms with Crippen molar-refractivity contribution in [1.29, 1.82) is 0 Å². The van der Waals surface area contributed by atoms with E-state index >= 15 is 0 Å². The number of hydrogen-bond donors (Lipinski definition) is 0. The molecule has 0 spiro atoms. The molecule has 0 fully saturated rings. The molecule has 1 aliphatic carbocycles. The molecule has 3 rings (SSSR count). The zero-order valence-corrected chi connectivity index (χ0v) is 9.80. The van der Waals surface area contributed by atoms with E-state index in [1.54, 1.807) is 0 Å². The molecule has 1 heteroatoms. The summed E-state index contributed by atoms with van der Waals surface area (Å²) in [6, 6.07) is 8.35. The van der Waals surface area contributed by atoms with Gasteiger partial charge in [-0.25, -0.2) is 0 Å². The fraction of sp³-hybridized carbons (Fsp3) is 0.250. The number of benzene rings is 1. The first-order valence-corrected chi connectivity index (χ1v) is 6.17. The molecule has 1 aromatic carbocycles. The van der Waals surface area contributed by atoms with E-state index in [2.05, 4.69) is 48.6 Å². The van der Waals surface area contributed by atoms with Gasteiger partial charge in [-0.1, -0.05) is 48.6 Å². The van der Waals surface area contributed by atoms with Crippen LogP contribution in [0.5, 0.6) is 5.75 Å². The molecule has 0 bridgehead atoms. The Morgan fingerprint density at radius 2 is 2.06 bits per heavy atom. The first-order chi connectivity index (χ1) is 8.43. The third-order valence-electron chi connectivity index (χ3n) is 3.38.